The van der Waals surface area contributed by atoms with Crippen LogP contribution in [-0.2, 0) is 11.3 Å². The average Bonchev–Trinajstić information content (AvgIpc) is 2.66. The summed E-state index contributed by atoms with van der Waals surface area (Å²) >= 11 is 0. The predicted molar refractivity (Wildman–Crippen MR) is 99.4 cm³/mol. The summed E-state index contributed by atoms with van der Waals surface area (Å²) in [5.74, 6) is 1.11. The van der Waals surface area contributed by atoms with Gasteiger partial charge in [-0.25, -0.2) is 0 Å². The van der Waals surface area contributed by atoms with Gasteiger partial charge in [0.1, 0.15) is 11.5 Å². The Labute approximate surface area is 153 Å². The van der Waals surface area contributed by atoms with Crippen LogP contribution in [0.1, 0.15) is 41.4 Å². The molecule has 0 saturated carbocycles. The summed E-state index contributed by atoms with van der Waals surface area (Å²) in [4.78, 5) is 23.5. The normalized spacial score (nSPS) is 11.4. The van der Waals surface area contributed by atoms with Crippen molar-refractivity contribution in [3.05, 3.63) is 59.2 Å². The van der Waals surface area contributed by atoms with E-state index >= 15 is 0 Å². The highest BCUT2D eigenvalue weighted by atomic mass is 16.5. The minimum atomic E-state index is -0.258. The van der Waals surface area contributed by atoms with Crippen molar-refractivity contribution in [1.82, 2.24) is 10.6 Å². The van der Waals surface area contributed by atoms with Crippen molar-refractivity contribution in [1.29, 1.82) is 0 Å². The number of hydrogen-bond donors (Lipinski definition) is 2. The van der Waals surface area contributed by atoms with Crippen molar-refractivity contribution >= 4 is 11.8 Å². The summed E-state index contributed by atoms with van der Waals surface area (Å²) in [6, 6.07) is 12.3. The van der Waals surface area contributed by atoms with Gasteiger partial charge in [-0.15, -0.1) is 0 Å². The number of carbonyl (C=O) groups excluding carboxylic acids is 2. The lowest BCUT2D eigenvalue weighted by Gasteiger charge is -2.18. The molecule has 2 aromatic rings. The Morgan fingerprint density at radius 2 is 1.73 bits per heavy atom. The number of methoxy groups -OCH3 is 2. The Bertz CT molecular complexity index is 772. The largest absolute Gasteiger partial charge is 0.497 e. The van der Waals surface area contributed by atoms with Crippen LogP contribution < -0.4 is 20.1 Å². The third kappa shape index (κ3) is 4.99. The third-order valence-corrected chi connectivity index (χ3v) is 4.01. The zero-order valence-corrected chi connectivity index (χ0v) is 15.5. The second kappa shape index (κ2) is 8.89. The highest BCUT2D eigenvalue weighted by Gasteiger charge is 2.16. The predicted octanol–water partition coefficient (Wildman–Crippen LogP) is 2.83. The van der Waals surface area contributed by atoms with Crippen molar-refractivity contribution in [3.63, 3.8) is 0 Å². The van der Waals surface area contributed by atoms with Crippen molar-refractivity contribution in [2.45, 2.75) is 26.4 Å². The second-order valence-corrected chi connectivity index (χ2v) is 5.91. The van der Waals surface area contributed by atoms with Crippen molar-refractivity contribution in [2.75, 3.05) is 14.2 Å². The highest BCUT2D eigenvalue weighted by molar-refractivity contribution is 5.94. The molecule has 0 radical (unpaired) electrons. The maximum Gasteiger partial charge on any atom is 0.251 e. The van der Waals surface area contributed by atoms with Crippen LogP contribution in [-0.4, -0.2) is 26.0 Å². The van der Waals surface area contributed by atoms with Crippen molar-refractivity contribution in [2.24, 2.45) is 0 Å². The van der Waals surface area contributed by atoms with Crippen LogP contribution in [0.2, 0.25) is 0 Å². The smallest absolute Gasteiger partial charge is 0.251 e. The first-order chi connectivity index (χ1) is 12.4. The zero-order chi connectivity index (χ0) is 19.1. The topological polar surface area (TPSA) is 76.7 Å². The fourth-order valence-electron chi connectivity index (χ4n) is 2.54. The molecule has 0 fully saturated rings. The third-order valence-electron chi connectivity index (χ3n) is 4.01. The van der Waals surface area contributed by atoms with Gasteiger partial charge in [0, 0.05) is 24.6 Å². The van der Waals surface area contributed by atoms with Gasteiger partial charge in [0.05, 0.1) is 20.3 Å². The van der Waals surface area contributed by atoms with Crippen molar-refractivity contribution < 1.29 is 19.1 Å². The van der Waals surface area contributed by atoms with Gasteiger partial charge in [-0.1, -0.05) is 12.1 Å². The molecule has 0 heterocycles. The standard InChI is InChI=1S/C20H24N2O4/c1-13(18-11-17(25-3)9-10-19(18)26-4)22-20(24)16-7-5-15(6-8-16)12-21-14(2)23/h5-11,13H,12H2,1-4H3,(H,21,23)(H,22,24)/t13-/m1/s1. The van der Waals surface area contributed by atoms with Crippen LogP contribution in [0.5, 0.6) is 11.5 Å². The molecule has 2 rings (SSSR count). The first kappa shape index (κ1) is 19.3. The molecular weight excluding hydrogens is 332 g/mol. The Hall–Kier alpha value is -3.02. The molecule has 1 atom stereocenters. The quantitative estimate of drug-likeness (QED) is 0.800. The summed E-state index contributed by atoms with van der Waals surface area (Å²) in [6.45, 7) is 3.80. The van der Waals surface area contributed by atoms with E-state index in [0.717, 1.165) is 11.1 Å². The minimum absolute atomic E-state index is 0.0899. The Morgan fingerprint density at radius 1 is 1.04 bits per heavy atom. The van der Waals surface area contributed by atoms with E-state index in [1.165, 1.54) is 6.92 Å². The molecule has 138 valence electrons. The van der Waals surface area contributed by atoms with Gasteiger partial charge >= 0.3 is 0 Å². The molecule has 0 spiro atoms. The van der Waals surface area contributed by atoms with Gasteiger partial charge in [-0.05, 0) is 42.8 Å². The van der Waals surface area contributed by atoms with Crippen LogP contribution in [0.4, 0.5) is 0 Å². The number of ether oxygens (including phenoxy) is 2. The Balaban J connectivity index is 2.08. The molecule has 6 heteroatoms. The van der Waals surface area contributed by atoms with Crippen LogP contribution >= 0.6 is 0 Å². The van der Waals surface area contributed by atoms with Crippen LogP contribution in [0.25, 0.3) is 0 Å². The van der Waals surface area contributed by atoms with E-state index in [1.807, 2.05) is 37.3 Å². The maximum atomic E-state index is 12.5. The molecule has 0 aliphatic carbocycles. The van der Waals surface area contributed by atoms with E-state index in [-0.39, 0.29) is 17.9 Å². The van der Waals surface area contributed by atoms with Crippen LogP contribution in [0, 0.1) is 0 Å². The molecule has 0 aliphatic heterocycles. The van der Waals surface area contributed by atoms with E-state index in [0.29, 0.717) is 23.6 Å². The number of carbonyl (C=O) groups is 2. The molecule has 0 aromatic heterocycles. The maximum absolute atomic E-state index is 12.5. The summed E-state index contributed by atoms with van der Waals surface area (Å²) in [6.07, 6.45) is 0. The van der Waals surface area contributed by atoms with Gasteiger partial charge in [-0.2, -0.15) is 0 Å². The van der Waals surface area contributed by atoms with E-state index in [1.54, 1.807) is 26.4 Å². The Kier molecular flexibility index (Phi) is 6.60. The van der Waals surface area contributed by atoms with Gasteiger partial charge < -0.3 is 20.1 Å². The SMILES string of the molecule is COc1ccc(OC)c([C@@H](C)NC(=O)c2ccc(CNC(C)=O)cc2)c1. The summed E-state index contributed by atoms with van der Waals surface area (Å²) < 4.78 is 10.6. The van der Waals surface area contributed by atoms with E-state index in [4.69, 9.17) is 9.47 Å². The number of benzene rings is 2. The lowest BCUT2D eigenvalue weighted by atomic mass is 10.1. The minimum Gasteiger partial charge on any atom is -0.497 e. The average molecular weight is 356 g/mol. The number of amides is 2. The van der Waals surface area contributed by atoms with E-state index in [9.17, 15) is 9.59 Å². The molecule has 0 aliphatic rings. The lowest BCUT2D eigenvalue weighted by Crippen LogP contribution is -2.27. The van der Waals surface area contributed by atoms with Crippen molar-refractivity contribution in [3.8, 4) is 11.5 Å². The first-order valence-corrected chi connectivity index (χ1v) is 8.30. The molecule has 2 aromatic carbocycles. The summed E-state index contributed by atoms with van der Waals surface area (Å²) in [7, 11) is 3.19. The summed E-state index contributed by atoms with van der Waals surface area (Å²) in [5, 5.41) is 5.69. The molecule has 0 bridgehead atoms. The molecular formula is C20H24N2O4. The van der Waals surface area contributed by atoms with Gasteiger partial charge in [0.2, 0.25) is 5.91 Å². The summed E-state index contributed by atoms with van der Waals surface area (Å²) in [5.41, 5.74) is 2.31. The Morgan fingerprint density at radius 3 is 2.31 bits per heavy atom. The molecule has 0 saturated heterocycles. The lowest BCUT2D eigenvalue weighted by molar-refractivity contribution is -0.119. The first-order valence-electron chi connectivity index (χ1n) is 8.30. The van der Waals surface area contributed by atoms with Gasteiger partial charge in [0.25, 0.3) is 5.91 Å². The monoisotopic (exact) mass is 356 g/mol. The number of hydrogen-bond acceptors (Lipinski definition) is 4. The van der Waals surface area contributed by atoms with Crippen LogP contribution in [0.3, 0.4) is 0 Å². The highest BCUT2D eigenvalue weighted by Crippen LogP contribution is 2.29. The zero-order valence-electron chi connectivity index (χ0n) is 15.5. The van der Waals surface area contributed by atoms with Gasteiger partial charge in [-0.3, -0.25) is 9.59 Å². The van der Waals surface area contributed by atoms with Crippen LogP contribution in [0.15, 0.2) is 42.5 Å². The van der Waals surface area contributed by atoms with Gasteiger partial charge in [0.15, 0.2) is 0 Å². The molecule has 2 N–H and O–H groups in total. The molecule has 26 heavy (non-hydrogen) atoms. The molecule has 2 amide bonds. The number of nitrogens with one attached hydrogen (secondary N) is 2. The number of rotatable bonds is 7. The fourth-order valence-corrected chi connectivity index (χ4v) is 2.54. The van der Waals surface area contributed by atoms with E-state index < -0.39 is 0 Å². The van der Waals surface area contributed by atoms with E-state index in [2.05, 4.69) is 10.6 Å². The fraction of sp³-hybridized carbons (Fsp3) is 0.300. The molecule has 6 nitrogen and oxygen atoms in total. The second-order valence-electron chi connectivity index (χ2n) is 5.91. The molecule has 0 unspecified atom stereocenters.